The minimum Gasteiger partial charge on any atom is -1.00 e. The van der Waals surface area contributed by atoms with Gasteiger partial charge in [0, 0.05) is 5.76 Å². The molecule has 0 saturated carbocycles. The molecule has 115 valence electrons. The molecule has 0 aromatic rings. The third kappa shape index (κ3) is 5.44. The van der Waals surface area contributed by atoms with E-state index in [0.29, 0.717) is 0 Å². The molecular weight excluding hydrogens is 355 g/mol. The Bertz CT molecular complexity index is 429. The van der Waals surface area contributed by atoms with E-state index in [-0.39, 0.29) is 46.5 Å². The maximum Gasteiger partial charge on any atom is 3.00 e. The zero-order chi connectivity index (χ0) is 13.0. The summed E-state index contributed by atoms with van der Waals surface area (Å²) in [7, 11) is -1.55. The van der Waals surface area contributed by atoms with Crippen molar-refractivity contribution in [1.29, 1.82) is 0 Å². The van der Waals surface area contributed by atoms with Crippen LogP contribution in [0.25, 0.3) is 0 Å². The molecule has 0 amide bonds. The topological polar surface area (TPSA) is 9.23 Å². The van der Waals surface area contributed by atoms with Crippen LogP contribution in [0.15, 0.2) is 41.2 Å². The van der Waals surface area contributed by atoms with Crippen molar-refractivity contribution in [2.75, 3.05) is 0 Å². The first-order valence-electron chi connectivity index (χ1n) is 7.11. The van der Waals surface area contributed by atoms with Crippen molar-refractivity contribution in [2.24, 2.45) is 0 Å². The molecule has 0 bridgehead atoms. The van der Waals surface area contributed by atoms with E-state index in [9.17, 15) is 0 Å². The van der Waals surface area contributed by atoms with Crippen LogP contribution >= 0.6 is 0 Å². The molecule has 0 atom stereocenters. The van der Waals surface area contributed by atoms with Crippen molar-refractivity contribution in [1.82, 2.24) is 0 Å². The summed E-state index contributed by atoms with van der Waals surface area (Å²) in [5.74, 6) is 1.13. The van der Waals surface area contributed by atoms with Gasteiger partial charge in [-0.25, -0.2) is 0 Å². The van der Waals surface area contributed by atoms with Crippen LogP contribution in [0.4, 0.5) is 0 Å². The molecule has 2 aliphatic rings. The van der Waals surface area contributed by atoms with E-state index in [4.69, 9.17) is 4.43 Å². The summed E-state index contributed by atoms with van der Waals surface area (Å²) in [6.45, 7) is 6.83. The summed E-state index contributed by atoms with van der Waals surface area (Å²) in [5, 5.41) is 0. The van der Waals surface area contributed by atoms with Gasteiger partial charge in [-0.2, -0.15) is 17.7 Å². The molecule has 5 heteroatoms. The Morgan fingerprint density at radius 2 is 1.67 bits per heavy atom. The molecule has 0 unspecified atom stereocenters. The zero-order valence-corrected chi connectivity index (χ0v) is 17.1. The molecule has 0 heterocycles. The largest absolute Gasteiger partial charge is 3.00 e. The number of halogens is 2. The Morgan fingerprint density at radius 3 is 2.14 bits per heavy atom. The number of hydrogen-bond acceptors (Lipinski definition) is 1. The SMILES string of the molecule is CC[Si](CC)(CC)OC1=C(C2=[C-]CC=C2)CC=C1.[Cl-].[Cl-].[Ti+3]. The number of allylic oxidation sites excluding steroid dienone is 7. The summed E-state index contributed by atoms with van der Waals surface area (Å²) < 4.78 is 6.51. The van der Waals surface area contributed by atoms with E-state index in [1.54, 1.807) is 0 Å². The quantitative estimate of drug-likeness (QED) is 0.422. The van der Waals surface area contributed by atoms with Gasteiger partial charge in [-0.15, -0.1) is 11.6 Å². The average molecular weight is 378 g/mol. The Balaban J connectivity index is 0. The number of rotatable bonds is 6. The first-order chi connectivity index (χ1) is 8.74. The van der Waals surface area contributed by atoms with Crippen molar-refractivity contribution in [3.63, 3.8) is 0 Å². The van der Waals surface area contributed by atoms with Crippen molar-refractivity contribution in [3.05, 3.63) is 47.3 Å². The first-order valence-corrected chi connectivity index (χ1v) is 9.64. The molecule has 0 N–H and O–H groups in total. The van der Waals surface area contributed by atoms with Gasteiger partial charge in [-0.3, -0.25) is 0 Å². The normalized spacial score (nSPS) is 16.0. The summed E-state index contributed by atoms with van der Waals surface area (Å²) >= 11 is 0. The van der Waals surface area contributed by atoms with E-state index in [1.807, 2.05) is 0 Å². The Kier molecular flexibility index (Phi) is 12.2. The van der Waals surface area contributed by atoms with Crippen molar-refractivity contribution >= 4 is 8.32 Å². The molecule has 21 heavy (non-hydrogen) atoms. The van der Waals surface area contributed by atoms with E-state index >= 15 is 0 Å². The summed E-state index contributed by atoms with van der Waals surface area (Å²) in [5.41, 5.74) is 2.59. The summed E-state index contributed by atoms with van der Waals surface area (Å²) in [6, 6.07) is 3.59. The average Bonchev–Trinajstić information content (AvgIpc) is 3.06. The van der Waals surface area contributed by atoms with Gasteiger partial charge in [0.25, 0.3) is 0 Å². The molecule has 0 aliphatic heterocycles. The van der Waals surface area contributed by atoms with Gasteiger partial charge >= 0.3 is 21.7 Å². The van der Waals surface area contributed by atoms with E-state index in [0.717, 1.165) is 18.6 Å². The van der Waals surface area contributed by atoms with Gasteiger partial charge in [0.05, 0.1) is 0 Å². The van der Waals surface area contributed by atoms with Gasteiger partial charge in [-0.05, 0) is 24.2 Å². The van der Waals surface area contributed by atoms with Crippen LogP contribution < -0.4 is 24.8 Å². The zero-order valence-electron chi connectivity index (χ0n) is 13.0. The van der Waals surface area contributed by atoms with E-state index in [2.05, 4.69) is 51.2 Å². The Labute approximate surface area is 157 Å². The molecule has 2 rings (SSSR count). The summed E-state index contributed by atoms with van der Waals surface area (Å²) in [4.78, 5) is 0. The summed E-state index contributed by atoms with van der Waals surface area (Å²) in [6.07, 6.45) is 14.1. The second-order valence-electron chi connectivity index (χ2n) is 4.99. The maximum atomic E-state index is 6.51. The molecule has 2 aliphatic carbocycles. The van der Waals surface area contributed by atoms with E-state index < -0.39 is 8.32 Å². The van der Waals surface area contributed by atoms with Gasteiger partial charge in [-0.1, -0.05) is 39.7 Å². The number of hydrogen-bond donors (Lipinski definition) is 0. The Hall–Kier alpha value is 0.271. The van der Waals surface area contributed by atoms with Crippen molar-refractivity contribution in [2.45, 2.75) is 51.7 Å². The van der Waals surface area contributed by atoms with Gasteiger partial charge < -0.3 is 29.2 Å². The van der Waals surface area contributed by atoms with Gasteiger partial charge in [0.2, 0.25) is 8.32 Å². The molecule has 0 spiro atoms. The van der Waals surface area contributed by atoms with Crippen LogP contribution in [0.3, 0.4) is 0 Å². The van der Waals surface area contributed by atoms with Crippen molar-refractivity contribution in [3.8, 4) is 0 Å². The van der Waals surface area contributed by atoms with Crippen LogP contribution in [0.2, 0.25) is 18.1 Å². The molecule has 1 nitrogen and oxygen atoms in total. The molecule has 0 aromatic heterocycles. The van der Waals surface area contributed by atoms with Gasteiger partial charge in [0.15, 0.2) is 0 Å². The fourth-order valence-electron chi connectivity index (χ4n) is 2.63. The standard InChI is InChI=1S/C16H23OSi.2ClH.Ti/c1-4-18(5-2,6-3)17-16-13-9-12-15(16)14-10-7-8-11-14;;;/h7,9-10,13H,4-6,8,12H2,1-3H3;2*1H;/q-1;;;+3/p-2. The van der Waals surface area contributed by atoms with E-state index in [1.165, 1.54) is 29.3 Å². The second kappa shape index (κ2) is 10.9. The third-order valence-electron chi connectivity index (χ3n) is 4.17. The maximum absolute atomic E-state index is 6.51. The predicted molar refractivity (Wildman–Crippen MR) is 79.6 cm³/mol. The third-order valence-corrected chi connectivity index (χ3v) is 8.69. The molecular formula is C16H23Cl2OSiTi. The molecule has 1 radical (unpaired) electrons. The van der Waals surface area contributed by atoms with Crippen LogP contribution in [0.5, 0.6) is 0 Å². The van der Waals surface area contributed by atoms with Crippen LogP contribution in [-0.2, 0) is 26.1 Å². The van der Waals surface area contributed by atoms with Crippen LogP contribution in [-0.4, -0.2) is 8.32 Å². The second-order valence-corrected chi connectivity index (χ2v) is 9.68. The fraction of sp³-hybridized carbons (Fsp3) is 0.500. The van der Waals surface area contributed by atoms with Gasteiger partial charge in [0.1, 0.15) is 0 Å². The molecule has 0 aromatic carbocycles. The fourth-order valence-corrected chi connectivity index (χ4v) is 5.23. The first kappa shape index (κ1) is 23.5. The molecule has 0 saturated heterocycles. The van der Waals surface area contributed by atoms with Crippen molar-refractivity contribution < 1.29 is 51.0 Å². The minimum absolute atomic E-state index is 0. The van der Waals surface area contributed by atoms with Crippen LogP contribution in [0.1, 0.15) is 33.6 Å². The minimum atomic E-state index is -1.55. The molecule has 0 fully saturated rings. The predicted octanol–water partition coefficient (Wildman–Crippen LogP) is -1.08. The Morgan fingerprint density at radius 1 is 1.05 bits per heavy atom. The van der Waals surface area contributed by atoms with Crippen LogP contribution in [0, 0.1) is 6.08 Å². The smallest absolute Gasteiger partial charge is 1.00 e. The monoisotopic (exact) mass is 377 g/mol.